The molecule has 1 aromatic carbocycles. The molecule has 4 heterocycles. The number of aromatic nitrogens is 5. The molecule has 10 nitrogen and oxygen atoms in total. The Kier molecular flexibility index (Phi) is 6.10. The second-order valence-corrected chi connectivity index (χ2v) is 10.7. The van der Waals surface area contributed by atoms with Crippen molar-refractivity contribution in [2.75, 3.05) is 4.72 Å². The van der Waals surface area contributed by atoms with E-state index in [1.54, 1.807) is 20.8 Å². The molecule has 5 aromatic rings. The molecule has 1 N–H and O–H groups in total. The van der Waals surface area contributed by atoms with Gasteiger partial charge in [-0.1, -0.05) is 41.5 Å². The van der Waals surface area contributed by atoms with Gasteiger partial charge in [-0.2, -0.15) is 8.42 Å². The summed E-state index contributed by atoms with van der Waals surface area (Å²) in [6.07, 6.45) is 0.783. The highest BCUT2D eigenvalue weighted by atomic mass is 32.2. The van der Waals surface area contributed by atoms with Crippen LogP contribution >= 0.6 is 0 Å². The first-order valence-electron chi connectivity index (χ1n) is 11.9. The third-order valence-electron chi connectivity index (χ3n) is 6.46. The zero-order valence-corrected chi connectivity index (χ0v) is 22.4. The molecule has 37 heavy (non-hydrogen) atoms. The Balaban J connectivity index is 1.48. The first kappa shape index (κ1) is 24.7. The highest BCUT2D eigenvalue weighted by molar-refractivity contribution is 7.92. The van der Waals surface area contributed by atoms with Crippen molar-refractivity contribution in [2.45, 2.75) is 59.6 Å². The van der Waals surface area contributed by atoms with Crippen molar-refractivity contribution in [3.8, 4) is 11.1 Å². The van der Waals surface area contributed by atoms with E-state index in [0.717, 1.165) is 40.2 Å². The number of hydrogen-bond donors (Lipinski definition) is 1. The predicted octanol–water partition coefficient (Wildman–Crippen LogP) is 5.03. The fourth-order valence-corrected chi connectivity index (χ4v) is 5.60. The molecule has 0 aliphatic heterocycles. The number of pyridine rings is 1. The number of imidazole rings is 1. The highest BCUT2D eigenvalue weighted by Gasteiger charge is 2.29. The number of nitrogens with one attached hydrogen (secondary N) is 1. The number of aryl methyl sites for hydroxylation is 5. The average Bonchev–Trinajstić information content (AvgIpc) is 3.51. The molecule has 0 saturated carbocycles. The van der Waals surface area contributed by atoms with Crippen LogP contribution < -0.4 is 4.72 Å². The van der Waals surface area contributed by atoms with Gasteiger partial charge in [0.05, 0.1) is 17.8 Å². The number of anilines is 1. The SMILES string of the molecule is CCc1nc2c(C)cc(C)nc2n1Cc1ccc(-c2c(C)noc2S(=O)(=O)Nc2noc(C)c2C)cc1. The summed E-state index contributed by atoms with van der Waals surface area (Å²) in [7, 11) is -4.10. The van der Waals surface area contributed by atoms with E-state index < -0.39 is 10.0 Å². The lowest BCUT2D eigenvalue weighted by molar-refractivity contribution is 0.338. The maximum Gasteiger partial charge on any atom is 0.300 e. The number of nitrogens with zero attached hydrogens (tertiary/aromatic N) is 5. The summed E-state index contributed by atoms with van der Waals surface area (Å²) in [5.74, 6) is 1.61. The summed E-state index contributed by atoms with van der Waals surface area (Å²) in [5.41, 5.74) is 7.00. The van der Waals surface area contributed by atoms with E-state index in [0.29, 0.717) is 34.7 Å². The highest BCUT2D eigenvalue weighted by Crippen LogP contribution is 2.33. The summed E-state index contributed by atoms with van der Waals surface area (Å²) >= 11 is 0. The van der Waals surface area contributed by atoms with Gasteiger partial charge in [0, 0.05) is 17.7 Å². The number of fused-ring (bicyclic) bond motifs is 1. The number of rotatable bonds is 7. The van der Waals surface area contributed by atoms with Crippen LogP contribution in [-0.4, -0.2) is 33.3 Å². The lowest BCUT2D eigenvalue weighted by atomic mass is 10.0. The first-order valence-corrected chi connectivity index (χ1v) is 13.4. The molecular weight excluding hydrogens is 492 g/mol. The summed E-state index contributed by atoms with van der Waals surface area (Å²) in [4.78, 5) is 9.56. The summed E-state index contributed by atoms with van der Waals surface area (Å²) in [6.45, 7) is 11.8. The molecule has 0 bridgehead atoms. The van der Waals surface area contributed by atoms with Gasteiger partial charge in [0.2, 0.25) is 0 Å². The van der Waals surface area contributed by atoms with Gasteiger partial charge in [0.25, 0.3) is 15.1 Å². The third kappa shape index (κ3) is 4.39. The van der Waals surface area contributed by atoms with Crippen LogP contribution in [0.25, 0.3) is 22.3 Å². The minimum atomic E-state index is -4.10. The topological polar surface area (TPSA) is 129 Å². The van der Waals surface area contributed by atoms with Crippen LogP contribution in [0.5, 0.6) is 0 Å². The van der Waals surface area contributed by atoms with E-state index in [1.165, 1.54) is 0 Å². The van der Waals surface area contributed by atoms with Gasteiger partial charge < -0.3 is 13.6 Å². The Morgan fingerprint density at radius 2 is 1.70 bits per heavy atom. The van der Waals surface area contributed by atoms with Crippen LogP contribution in [0.4, 0.5) is 5.82 Å². The Bertz CT molecular complexity index is 1730. The minimum Gasteiger partial charge on any atom is -0.359 e. The fraction of sp³-hybridized carbons (Fsp3) is 0.308. The molecule has 0 atom stereocenters. The van der Waals surface area contributed by atoms with Crippen LogP contribution in [0.2, 0.25) is 0 Å². The van der Waals surface area contributed by atoms with Crippen LogP contribution in [0.1, 0.15) is 46.6 Å². The van der Waals surface area contributed by atoms with E-state index >= 15 is 0 Å². The number of sulfonamides is 1. The van der Waals surface area contributed by atoms with Crippen molar-refractivity contribution in [1.82, 2.24) is 24.8 Å². The quantitative estimate of drug-likeness (QED) is 0.316. The lowest BCUT2D eigenvalue weighted by Crippen LogP contribution is -2.14. The van der Waals surface area contributed by atoms with Crippen molar-refractivity contribution in [3.63, 3.8) is 0 Å². The van der Waals surface area contributed by atoms with E-state index in [2.05, 4.69) is 33.4 Å². The zero-order valence-electron chi connectivity index (χ0n) is 21.6. The van der Waals surface area contributed by atoms with E-state index in [-0.39, 0.29) is 10.9 Å². The monoisotopic (exact) mass is 520 g/mol. The lowest BCUT2D eigenvalue weighted by Gasteiger charge is -2.10. The molecule has 5 rings (SSSR count). The normalized spacial score (nSPS) is 11.9. The molecule has 11 heteroatoms. The molecule has 0 aliphatic carbocycles. The maximum atomic E-state index is 13.2. The van der Waals surface area contributed by atoms with E-state index in [4.69, 9.17) is 19.0 Å². The van der Waals surface area contributed by atoms with Crippen LogP contribution in [0, 0.1) is 34.6 Å². The first-order chi connectivity index (χ1) is 17.6. The molecule has 4 aromatic heterocycles. The van der Waals surface area contributed by atoms with E-state index in [9.17, 15) is 8.42 Å². The summed E-state index contributed by atoms with van der Waals surface area (Å²) in [5, 5.41) is 7.44. The standard InChI is InChI=1S/C26H28N6O4S/c1-7-21-28-23-14(2)12-15(3)27-25(23)32(21)13-19-8-10-20(11-9-19)22-17(5)29-36-26(22)37(33,34)31-24-16(4)18(6)35-30-24/h8-12H,7,13H2,1-6H3,(H,30,31). The van der Waals surface area contributed by atoms with Gasteiger partial charge in [-0.05, 0) is 57.4 Å². The molecule has 0 spiro atoms. The van der Waals surface area contributed by atoms with Crippen LogP contribution in [-0.2, 0) is 23.0 Å². The molecule has 192 valence electrons. The van der Waals surface area contributed by atoms with Gasteiger partial charge in [-0.15, -0.1) is 0 Å². The van der Waals surface area contributed by atoms with Gasteiger partial charge in [0.1, 0.15) is 17.1 Å². The number of benzene rings is 1. The molecule has 0 amide bonds. The second-order valence-electron chi connectivity index (χ2n) is 9.17. The molecule has 0 fully saturated rings. The smallest absolute Gasteiger partial charge is 0.300 e. The molecule has 0 saturated heterocycles. The molecule has 0 unspecified atom stereocenters. The van der Waals surface area contributed by atoms with Gasteiger partial charge in [0.15, 0.2) is 11.5 Å². The van der Waals surface area contributed by atoms with Crippen LogP contribution in [0.3, 0.4) is 0 Å². The second kappa shape index (κ2) is 9.15. The van der Waals surface area contributed by atoms with Gasteiger partial charge in [-0.3, -0.25) is 4.72 Å². The van der Waals surface area contributed by atoms with E-state index in [1.807, 2.05) is 37.3 Å². The summed E-state index contributed by atoms with van der Waals surface area (Å²) in [6, 6.07) is 9.71. The van der Waals surface area contributed by atoms with Crippen molar-refractivity contribution in [1.29, 1.82) is 0 Å². The average molecular weight is 521 g/mol. The third-order valence-corrected chi connectivity index (χ3v) is 7.69. The Hall–Kier alpha value is -3.99. The Morgan fingerprint density at radius 3 is 2.35 bits per heavy atom. The predicted molar refractivity (Wildman–Crippen MR) is 139 cm³/mol. The molecule has 0 radical (unpaired) electrons. The Labute approximate surface area is 214 Å². The van der Waals surface area contributed by atoms with Crippen molar-refractivity contribution < 1.29 is 17.5 Å². The van der Waals surface area contributed by atoms with Crippen molar-refractivity contribution in [2.24, 2.45) is 0 Å². The molecule has 0 aliphatic rings. The van der Waals surface area contributed by atoms with Gasteiger partial charge >= 0.3 is 0 Å². The molecular formula is C26H28N6O4S. The largest absolute Gasteiger partial charge is 0.359 e. The summed E-state index contributed by atoms with van der Waals surface area (Å²) < 4.78 is 41.2. The fourth-order valence-electron chi connectivity index (χ4n) is 4.39. The van der Waals surface area contributed by atoms with Gasteiger partial charge in [-0.25, -0.2) is 9.97 Å². The maximum absolute atomic E-state index is 13.2. The van der Waals surface area contributed by atoms with Crippen molar-refractivity contribution in [3.05, 3.63) is 70.0 Å². The Morgan fingerprint density at radius 1 is 0.973 bits per heavy atom. The minimum absolute atomic E-state index is 0.117. The van der Waals surface area contributed by atoms with Crippen molar-refractivity contribution >= 4 is 27.0 Å². The zero-order chi connectivity index (χ0) is 26.5. The van der Waals surface area contributed by atoms with Crippen LogP contribution in [0.15, 0.2) is 44.5 Å². The number of hydrogen-bond acceptors (Lipinski definition) is 8.